The number of aliphatic imine (C=N–C) groups is 1. The number of nitrogens with zero attached hydrogens (tertiary/aromatic N) is 3. The van der Waals surface area contributed by atoms with Gasteiger partial charge in [0.2, 0.25) is 0 Å². The van der Waals surface area contributed by atoms with E-state index in [4.69, 9.17) is 0 Å². The monoisotopic (exact) mass is 361 g/mol. The Morgan fingerprint density at radius 1 is 1.00 bits per heavy atom. The molecule has 1 heterocycles. The van der Waals surface area contributed by atoms with Crippen LogP contribution >= 0.6 is 0 Å². The van der Waals surface area contributed by atoms with Crippen molar-refractivity contribution in [3.63, 3.8) is 0 Å². The Labute approximate surface area is 161 Å². The van der Waals surface area contributed by atoms with Gasteiger partial charge in [-0.3, -0.25) is 9.79 Å². The van der Waals surface area contributed by atoms with Gasteiger partial charge in [0.1, 0.15) is 0 Å². The summed E-state index contributed by atoms with van der Waals surface area (Å²) in [7, 11) is 0. The quantitative estimate of drug-likeness (QED) is 0.587. The number of likely N-dealkylation sites (N-methyl/N-ethyl adjacent to an activating group) is 1. The first kappa shape index (κ1) is 19.1. The minimum Gasteiger partial charge on any atom is -0.306 e. The van der Waals surface area contributed by atoms with Gasteiger partial charge in [-0.2, -0.15) is 0 Å². The van der Waals surface area contributed by atoms with Crippen molar-refractivity contribution >= 4 is 11.9 Å². The highest BCUT2D eigenvalue weighted by Crippen LogP contribution is 2.24. The summed E-state index contributed by atoms with van der Waals surface area (Å²) in [6, 6.07) is 17.9. The summed E-state index contributed by atoms with van der Waals surface area (Å²) in [5.74, 6) is 0. The fraction of sp³-hybridized carbons (Fsp3) is 0.304. The Kier molecular flexibility index (Phi) is 6.20. The van der Waals surface area contributed by atoms with Gasteiger partial charge < -0.3 is 9.47 Å². The van der Waals surface area contributed by atoms with Crippen LogP contribution in [-0.4, -0.2) is 35.3 Å². The van der Waals surface area contributed by atoms with E-state index in [1.54, 1.807) is 6.21 Å². The van der Waals surface area contributed by atoms with Crippen LogP contribution in [0.15, 0.2) is 64.4 Å². The predicted molar refractivity (Wildman–Crippen MR) is 114 cm³/mol. The molecule has 0 amide bonds. The van der Waals surface area contributed by atoms with Gasteiger partial charge in [-0.05, 0) is 37.7 Å². The number of benzene rings is 1. The highest BCUT2D eigenvalue weighted by molar-refractivity contribution is 5.92. The number of aryl methyl sites for hydroxylation is 1. The zero-order chi connectivity index (χ0) is 19.2. The molecule has 0 bridgehead atoms. The van der Waals surface area contributed by atoms with Crippen molar-refractivity contribution in [2.24, 2.45) is 4.99 Å². The van der Waals surface area contributed by atoms with Crippen molar-refractivity contribution in [2.75, 3.05) is 19.6 Å². The lowest BCUT2D eigenvalue weighted by Gasteiger charge is -2.18. The van der Waals surface area contributed by atoms with E-state index >= 15 is 0 Å². The van der Waals surface area contributed by atoms with Crippen molar-refractivity contribution in [1.82, 2.24) is 9.47 Å². The molecule has 1 aliphatic heterocycles. The van der Waals surface area contributed by atoms with Gasteiger partial charge >= 0.3 is 0 Å². The highest BCUT2D eigenvalue weighted by atomic mass is 16.1. The molecule has 0 N–H and O–H groups in total. The Morgan fingerprint density at radius 2 is 1.70 bits per heavy atom. The van der Waals surface area contributed by atoms with E-state index in [2.05, 4.69) is 23.7 Å². The minimum atomic E-state index is 0.0284. The number of aromatic nitrogens is 1. The molecule has 0 aromatic heterocycles. The number of para-hydroxylation sites is 1. The molecule has 0 saturated carbocycles. The molecule has 1 aromatic rings. The zero-order valence-corrected chi connectivity index (χ0v) is 16.4. The smallest absolute Gasteiger partial charge is 0.260 e. The third kappa shape index (κ3) is 4.17. The van der Waals surface area contributed by atoms with Crippen LogP contribution in [0, 0.1) is 6.92 Å². The molecule has 2 aliphatic rings. The molecule has 0 unspecified atom stereocenters. The van der Waals surface area contributed by atoms with E-state index in [-0.39, 0.29) is 5.56 Å². The first-order valence-corrected chi connectivity index (χ1v) is 9.59. The van der Waals surface area contributed by atoms with Gasteiger partial charge in [-0.1, -0.05) is 56.3 Å². The fourth-order valence-electron chi connectivity index (χ4n) is 3.34. The molecule has 140 valence electrons. The van der Waals surface area contributed by atoms with Crippen LogP contribution in [0.5, 0.6) is 0 Å². The molecule has 4 nitrogen and oxygen atoms in total. The number of rotatable bonds is 7. The fourth-order valence-corrected chi connectivity index (χ4v) is 3.34. The molecule has 0 fully saturated rings. The summed E-state index contributed by atoms with van der Waals surface area (Å²) in [5, 5.41) is 0. The van der Waals surface area contributed by atoms with Crippen molar-refractivity contribution in [3.8, 4) is 11.3 Å². The van der Waals surface area contributed by atoms with Gasteiger partial charge in [-0.15, -0.1) is 0 Å². The maximum Gasteiger partial charge on any atom is 0.260 e. The molecule has 0 atom stereocenters. The van der Waals surface area contributed by atoms with Crippen molar-refractivity contribution in [2.45, 2.75) is 27.3 Å². The lowest BCUT2D eigenvalue weighted by Crippen LogP contribution is -2.30. The van der Waals surface area contributed by atoms with E-state index in [1.165, 1.54) is 0 Å². The van der Waals surface area contributed by atoms with E-state index < -0.39 is 0 Å². The molecule has 1 aliphatic carbocycles. The zero-order valence-electron chi connectivity index (χ0n) is 16.4. The van der Waals surface area contributed by atoms with Crippen LogP contribution in [0.1, 0.15) is 25.0 Å². The number of hydrogen-bond donors (Lipinski definition) is 0. The van der Waals surface area contributed by atoms with Crippen LogP contribution in [0.3, 0.4) is 0 Å². The molecule has 0 spiro atoms. The Balaban J connectivity index is 2.02. The van der Waals surface area contributed by atoms with Crippen molar-refractivity contribution in [1.29, 1.82) is 0 Å². The van der Waals surface area contributed by atoms with Crippen molar-refractivity contribution in [3.05, 3.63) is 76.1 Å². The highest BCUT2D eigenvalue weighted by Gasteiger charge is 2.18. The summed E-state index contributed by atoms with van der Waals surface area (Å²) >= 11 is 0. The average molecular weight is 361 g/mol. The van der Waals surface area contributed by atoms with Gasteiger partial charge in [0, 0.05) is 24.9 Å². The van der Waals surface area contributed by atoms with Gasteiger partial charge in [0.25, 0.3) is 5.56 Å². The Morgan fingerprint density at radius 3 is 2.44 bits per heavy atom. The molecule has 1 aromatic carbocycles. The largest absolute Gasteiger partial charge is 0.306 e. The Bertz CT molecular complexity index is 954. The van der Waals surface area contributed by atoms with E-state index in [0.717, 1.165) is 42.1 Å². The van der Waals surface area contributed by atoms with Crippen LogP contribution in [-0.2, 0) is 6.54 Å². The summed E-state index contributed by atoms with van der Waals surface area (Å²) in [6.45, 7) is 9.83. The summed E-state index contributed by atoms with van der Waals surface area (Å²) in [4.78, 5) is 20.1. The average Bonchev–Trinajstić information content (AvgIpc) is 2.83. The number of fused-ring (bicyclic) bond motifs is 1. The maximum atomic E-state index is 13.1. The summed E-state index contributed by atoms with van der Waals surface area (Å²) < 4.78 is 1.88. The van der Waals surface area contributed by atoms with Crippen molar-refractivity contribution < 1.29 is 0 Å². The third-order valence-electron chi connectivity index (χ3n) is 5.05. The second kappa shape index (κ2) is 8.78. The predicted octanol–water partition coefficient (Wildman–Crippen LogP) is 4.35. The second-order valence-corrected chi connectivity index (χ2v) is 6.65. The number of hydrogen-bond acceptors (Lipinski definition) is 3. The molecular weight excluding hydrogens is 334 g/mol. The first-order chi connectivity index (χ1) is 13.2. The van der Waals surface area contributed by atoms with Crippen LogP contribution in [0.25, 0.3) is 11.3 Å². The SMILES string of the molecule is CCN(CC)CCn1c2cccccc-2c(C=Nc2ccccc2C)c1=O. The normalized spacial score (nSPS) is 11.7. The van der Waals surface area contributed by atoms with E-state index in [0.29, 0.717) is 12.1 Å². The molecule has 27 heavy (non-hydrogen) atoms. The first-order valence-electron chi connectivity index (χ1n) is 9.59. The third-order valence-corrected chi connectivity index (χ3v) is 5.05. The van der Waals surface area contributed by atoms with Gasteiger partial charge in [0.15, 0.2) is 0 Å². The van der Waals surface area contributed by atoms with Crippen LogP contribution in [0.2, 0.25) is 0 Å². The lowest BCUT2D eigenvalue weighted by molar-refractivity contribution is 0.290. The Hall–Kier alpha value is -2.72. The second-order valence-electron chi connectivity index (χ2n) is 6.65. The summed E-state index contributed by atoms with van der Waals surface area (Å²) in [6.07, 6.45) is 1.72. The van der Waals surface area contributed by atoms with Gasteiger partial charge in [0.05, 0.1) is 16.9 Å². The topological polar surface area (TPSA) is 37.6 Å². The molecule has 0 saturated heterocycles. The maximum absolute atomic E-state index is 13.1. The minimum absolute atomic E-state index is 0.0284. The van der Waals surface area contributed by atoms with E-state index in [1.807, 2.05) is 66.1 Å². The van der Waals surface area contributed by atoms with E-state index in [9.17, 15) is 4.79 Å². The van der Waals surface area contributed by atoms with Crippen LogP contribution < -0.4 is 5.56 Å². The standard InChI is InChI=1S/C23H27N3O/c1-4-25(5-2)15-16-26-22-14-8-6-7-12-19(22)20(23(26)27)17-24-21-13-10-9-11-18(21)3/h6-14,17H,4-5,15-16H2,1-3H3. The molecular formula is C23H27N3O. The summed E-state index contributed by atoms with van der Waals surface area (Å²) in [5.41, 5.74) is 4.58. The van der Waals surface area contributed by atoms with Gasteiger partial charge in [-0.25, -0.2) is 0 Å². The van der Waals surface area contributed by atoms with Crippen LogP contribution in [0.4, 0.5) is 5.69 Å². The molecule has 0 radical (unpaired) electrons. The molecule has 4 heteroatoms. The lowest BCUT2D eigenvalue weighted by atomic mass is 10.1. The molecule has 3 rings (SSSR count).